The van der Waals surface area contributed by atoms with Crippen molar-refractivity contribution >= 4 is 0 Å². The van der Waals surface area contributed by atoms with E-state index in [1.54, 1.807) is 0 Å². The van der Waals surface area contributed by atoms with E-state index in [-0.39, 0.29) is 0 Å². The van der Waals surface area contributed by atoms with E-state index in [1.807, 2.05) is 0 Å². The Bertz CT molecular complexity index is 435. The summed E-state index contributed by atoms with van der Waals surface area (Å²) in [5, 5.41) is 16.9. The lowest BCUT2D eigenvalue weighted by atomic mass is 10.1. The second-order valence-electron chi connectivity index (χ2n) is 4.66. The Morgan fingerprint density at radius 3 is 2.88 bits per heavy atom. The van der Waals surface area contributed by atoms with Crippen LogP contribution in [0.1, 0.15) is 42.3 Å². The van der Waals surface area contributed by atoms with Crippen molar-refractivity contribution in [2.24, 2.45) is 0 Å². The van der Waals surface area contributed by atoms with E-state index in [2.05, 4.69) is 21.2 Å². The Morgan fingerprint density at radius 2 is 2.12 bits per heavy atom. The van der Waals surface area contributed by atoms with E-state index in [9.17, 15) is 0 Å². The maximum Gasteiger partial charge on any atom is 0.165 e. The number of fused-ring (bicyclic) bond motifs is 1. The lowest BCUT2D eigenvalue weighted by Crippen LogP contribution is -2.30. The molecule has 1 fully saturated rings. The van der Waals surface area contributed by atoms with Crippen molar-refractivity contribution in [1.82, 2.24) is 15.1 Å². The van der Waals surface area contributed by atoms with Gasteiger partial charge in [-0.1, -0.05) is 0 Å². The summed E-state index contributed by atoms with van der Waals surface area (Å²) in [5.74, 6) is 0. The van der Waals surface area contributed by atoms with Crippen LogP contribution in [0.2, 0.25) is 0 Å². The Balaban J connectivity index is 1.98. The Labute approximate surface area is 95.3 Å². The predicted octanol–water partition coefficient (Wildman–Crippen LogP) is 1.17. The molecule has 2 aliphatic rings. The first-order valence-corrected chi connectivity index (χ1v) is 6.11. The molecule has 1 aromatic rings. The van der Waals surface area contributed by atoms with Crippen LogP contribution in [-0.2, 0) is 12.8 Å². The van der Waals surface area contributed by atoms with Gasteiger partial charge in [0.25, 0.3) is 0 Å². The number of nitrogens with one attached hydrogen (secondary N) is 1. The number of aromatic nitrogens is 2. The molecule has 0 unspecified atom stereocenters. The van der Waals surface area contributed by atoms with Gasteiger partial charge in [0, 0.05) is 11.3 Å². The summed E-state index contributed by atoms with van der Waals surface area (Å²) >= 11 is 0. The maximum atomic E-state index is 9.08. The quantitative estimate of drug-likeness (QED) is 0.766. The molecule has 0 bridgehead atoms. The molecule has 4 nitrogen and oxygen atoms in total. The van der Waals surface area contributed by atoms with Crippen LogP contribution >= 0.6 is 0 Å². The van der Waals surface area contributed by atoms with Crippen molar-refractivity contribution in [2.75, 3.05) is 13.1 Å². The molecule has 0 spiro atoms. The third-order valence-electron chi connectivity index (χ3n) is 3.72. The van der Waals surface area contributed by atoms with Crippen LogP contribution in [0.15, 0.2) is 0 Å². The molecule has 1 N–H and O–H groups in total. The van der Waals surface area contributed by atoms with Crippen LogP contribution in [0.5, 0.6) is 0 Å². The fraction of sp³-hybridized carbons (Fsp3) is 0.667. The molecular formula is C12H16N4. The third-order valence-corrected chi connectivity index (χ3v) is 3.72. The minimum absolute atomic E-state index is 0.509. The highest BCUT2D eigenvalue weighted by Gasteiger charge is 2.26. The van der Waals surface area contributed by atoms with Gasteiger partial charge < -0.3 is 5.32 Å². The first-order valence-electron chi connectivity index (χ1n) is 6.11. The van der Waals surface area contributed by atoms with E-state index >= 15 is 0 Å². The summed E-state index contributed by atoms with van der Waals surface area (Å²) in [5.41, 5.74) is 3.23. The summed E-state index contributed by atoms with van der Waals surface area (Å²) in [6.07, 6.45) is 5.61. The zero-order valence-corrected chi connectivity index (χ0v) is 9.37. The van der Waals surface area contributed by atoms with E-state index in [0.717, 1.165) is 38.8 Å². The fourth-order valence-corrected chi connectivity index (χ4v) is 2.91. The third kappa shape index (κ3) is 1.43. The highest BCUT2D eigenvalue weighted by atomic mass is 15.3. The molecule has 1 aliphatic carbocycles. The summed E-state index contributed by atoms with van der Waals surface area (Å²) < 4.78 is 2.15. The van der Waals surface area contributed by atoms with Gasteiger partial charge in [0.05, 0.1) is 6.04 Å². The Morgan fingerprint density at radius 1 is 1.31 bits per heavy atom. The number of hydrogen-bond acceptors (Lipinski definition) is 3. The van der Waals surface area contributed by atoms with Crippen LogP contribution in [0.3, 0.4) is 0 Å². The molecule has 0 radical (unpaired) electrons. The highest BCUT2D eigenvalue weighted by Crippen LogP contribution is 2.29. The SMILES string of the molecule is N#Cc1nn(C2CCNCC2)c2c1CCC2. The van der Waals surface area contributed by atoms with Crippen molar-refractivity contribution in [1.29, 1.82) is 5.26 Å². The number of piperidine rings is 1. The molecule has 16 heavy (non-hydrogen) atoms. The summed E-state index contributed by atoms with van der Waals surface area (Å²) in [6.45, 7) is 2.14. The minimum atomic E-state index is 0.509. The molecule has 2 heterocycles. The average Bonchev–Trinajstić information content (AvgIpc) is 2.91. The molecular weight excluding hydrogens is 200 g/mol. The van der Waals surface area contributed by atoms with Gasteiger partial charge in [-0.15, -0.1) is 0 Å². The monoisotopic (exact) mass is 216 g/mol. The van der Waals surface area contributed by atoms with Gasteiger partial charge >= 0.3 is 0 Å². The molecule has 0 aromatic carbocycles. The standard InChI is InChI=1S/C12H16N4/c13-8-11-10-2-1-3-12(10)16(15-11)9-4-6-14-7-5-9/h9,14H,1-7H2. The summed E-state index contributed by atoms with van der Waals surface area (Å²) in [4.78, 5) is 0. The second-order valence-corrected chi connectivity index (χ2v) is 4.66. The van der Waals surface area contributed by atoms with Crippen LogP contribution in [0.4, 0.5) is 0 Å². The van der Waals surface area contributed by atoms with Gasteiger partial charge in [0.1, 0.15) is 6.07 Å². The molecule has 1 aliphatic heterocycles. The van der Waals surface area contributed by atoms with Crippen LogP contribution in [0.25, 0.3) is 0 Å². The summed E-state index contributed by atoms with van der Waals surface area (Å²) in [6, 6.07) is 2.75. The van der Waals surface area contributed by atoms with Gasteiger partial charge in [-0.3, -0.25) is 4.68 Å². The predicted molar refractivity (Wildman–Crippen MR) is 60.1 cm³/mol. The van der Waals surface area contributed by atoms with Gasteiger partial charge in [-0.25, -0.2) is 0 Å². The van der Waals surface area contributed by atoms with Crippen molar-refractivity contribution in [3.63, 3.8) is 0 Å². The molecule has 0 saturated carbocycles. The molecule has 3 rings (SSSR count). The Hall–Kier alpha value is -1.34. The van der Waals surface area contributed by atoms with Crippen molar-refractivity contribution < 1.29 is 0 Å². The zero-order chi connectivity index (χ0) is 11.0. The van der Waals surface area contributed by atoms with E-state index in [1.165, 1.54) is 17.7 Å². The molecule has 0 atom stereocenters. The van der Waals surface area contributed by atoms with Crippen LogP contribution < -0.4 is 5.32 Å². The highest BCUT2D eigenvalue weighted by molar-refractivity contribution is 5.38. The maximum absolute atomic E-state index is 9.08. The summed E-state index contributed by atoms with van der Waals surface area (Å²) in [7, 11) is 0. The lowest BCUT2D eigenvalue weighted by molar-refractivity contribution is 0.335. The molecule has 1 saturated heterocycles. The van der Waals surface area contributed by atoms with Gasteiger partial charge in [0.15, 0.2) is 5.69 Å². The topological polar surface area (TPSA) is 53.6 Å². The first kappa shape index (κ1) is 9.86. The number of nitriles is 1. The minimum Gasteiger partial charge on any atom is -0.317 e. The van der Waals surface area contributed by atoms with Crippen molar-refractivity contribution in [2.45, 2.75) is 38.1 Å². The van der Waals surface area contributed by atoms with Gasteiger partial charge in [-0.05, 0) is 45.2 Å². The zero-order valence-electron chi connectivity index (χ0n) is 9.37. The number of rotatable bonds is 1. The number of hydrogen-bond donors (Lipinski definition) is 1. The molecule has 4 heteroatoms. The van der Waals surface area contributed by atoms with Crippen molar-refractivity contribution in [3.8, 4) is 6.07 Å². The molecule has 1 aromatic heterocycles. The fourth-order valence-electron chi connectivity index (χ4n) is 2.91. The second kappa shape index (κ2) is 3.91. The van der Waals surface area contributed by atoms with Crippen LogP contribution in [0, 0.1) is 11.3 Å². The van der Waals surface area contributed by atoms with Crippen molar-refractivity contribution in [3.05, 3.63) is 17.0 Å². The average molecular weight is 216 g/mol. The van der Waals surface area contributed by atoms with E-state index in [0.29, 0.717) is 11.7 Å². The van der Waals surface area contributed by atoms with E-state index in [4.69, 9.17) is 5.26 Å². The van der Waals surface area contributed by atoms with E-state index < -0.39 is 0 Å². The number of nitrogens with zero attached hydrogens (tertiary/aromatic N) is 3. The smallest absolute Gasteiger partial charge is 0.165 e. The Kier molecular flexibility index (Phi) is 2.41. The molecule has 0 amide bonds. The normalized spacial score (nSPS) is 20.7. The van der Waals surface area contributed by atoms with Gasteiger partial charge in [-0.2, -0.15) is 10.4 Å². The molecule has 84 valence electrons. The van der Waals surface area contributed by atoms with Gasteiger partial charge in [0.2, 0.25) is 0 Å². The lowest BCUT2D eigenvalue weighted by Gasteiger charge is -2.24. The van der Waals surface area contributed by atoms with Crippen LogP contribution in [-0.4, -0.2) is 22.9 Å². The largest absolute Gasteiger partial charge is 0.317 e. The first-order chi connectivity index (χ1) is 7.90.